The Hall–Kier alpha value is -1.81. The molecule has 4 heteroatoms. The molecule has 0 amide bonds. The summed E-state index contributed by atoms with van der Waals surface area (Å²) in [6, 6.07) is 5.38. The summed E-state index contributed by atoms with van der Waals surface area (Å²) in [6.45, 7) is 3.22. The van der Waals surface area contributed by atoms with E-state index in [1.165, 1.54) is 19.1 Å². The van der Waals surface area contributed by atoms with Crippen molar-refractivity contribution >= 4 is 0 Å². The predicted molar refractivity (Wildman–Crippen MR) is 68.3 cm³/mol. The molecule has 2 rings (SSSR count). The van der Waals surface area contributed by atoms with Crippen LogP contribution < -0.4 is 5.73 Å². The lowest BCUT2D eigenvalue weighted by molar-refractivity contribution is 0.569. The Morgan fingerprint density at radius 3 is 2.21 bits per heavy atom. The van der Waals surface area contributed by atoms with E-state index in [0.29, 0.717) is 5.56 Å². The number of hydrogen-bond donors (Lipinski definition) is 1. The van der Waals surface area contributed by atoms with Crippen LogP contribution in [0, 0.1) is 31.3 Å². The summed E-state index contributed by atoms with van der Waals surface area (Å²) in [6.07, 6.45) is 0. The first-order valence-corrected chi connectivity index (χ1v) is 5.87. The summed E-state index contributed by atoms with van der Waals surface area (Å²) in [5, 5.41) is 0. The van der Waals surface area contributed by atoms with Gasteiger partial charge < -0.3 is 5.73 Å². The van der Waals surface area contributed by atoms with Gasteiger partial charge in [-0.3, -0.25) is 0 Å². The zero-order valence-electron chi connectivity index (χ0n) is 10.7. The third-order valence-electron chi connectivity index (χ3n) is 3.19. The van der Waals surface area contributed by atoms with E-state index < -0.39 is 23.5 Å². The molecule has 0 aromatic heterocycles. The van der Waals surface area contributed by atoms with Crippen LogP contribution in [0.2, 0.25) is 0 Å². The van der Waals surface area contributed by atoms with E-state index >= 15 is 0 Å². The largest absolute Gasteiger partial charge is 0.320 e. The van der Waals surface area contributed by atoms with Crippen LogP contribution in [0.15, 0.2) is 30.3 Å². The highest BCUT2D eigenvalue weighted by Gasteiger charge is 2.18. The molecule has 100 valence electrons. The van der Waals surface area contributed by atoms with Gasteiger partial charge in [-0.05, 0) is 54.8 Å². The van der Waals surface area contributed by atoms with Crippen LogP contribution in [-0.4, -0.2) is 0 Å². The molecule has 0 spiro atoms. The van der Waals surface area contributed by atoms with E-state index in [0.717, 1.165) is 17.7 Å². The minimum absolute atomic E-state index is 0.0248. The van der Waals surface area contributed by atoms with Crippen LogP contribution in [0.25, 0.3) is 0 Å². The van der Waals surface area contributed by atoms with E-state index in [-0.39, 0.29) is 11.1 Å². The topological polar surface area (TPSA) is 26.0 Å². The Morgan fingerprint density at radius 1 is 0.842 bits per heavy atom. The minimum atomic E-state index is -0.897. The predicted octanol–water partition coefficient (Wildman–Crippen LogP) is 3.77. The summed E-state index contributed by atoms with van der Waals surface area (Å²) in [4.78, 5) is 0. The van der Waals surface area contributed by atoms with E-state index in [2.05, 4.69) is 0 Å². The van der Waals surface area contributed by atoms with Gasteiger partial charge >= 0.3 is 0 Å². The van der Waals surface area contributed by atoms with E-state index in [1.54, 1.807) is 13.0 Å². The summed E-state index contributed by atoms with van der Waals surface area (Å²) < 4.78 is 40.6. The summed E-state index contributed by atoms with van der Waals surface area (Å²) in [5.41, 5.74) is 7.35. The maximum Gasteiger partial charge on any atom is 0.128 e. The first kappa shape index (κ1) is 13.6. The molecule has 0 saturated carbocycles. The number of benzene rings is 2. The summed E-state index contributed by atoms with van der Waals surface area (Å²) in [7, 11) is 0. The van der Waals surface area contributed by atoms with Gasteiger partial charge in [-0.1, -0.05) is 6.07 Å². The molecular formula is C15H14F3N. The van der Waals surface area contributed by atoms with Crippen molar-refractivity contribution in [1.82, 2.24) is 0 Å². The number of nitrogens with two attached hydrogens (primary N) is 1. The van der Waals surface area contributed by atoms with Crippen molar-refractivity contribution in [2.45, 2.75) is 19.9 Å². The molecule has 0 fully saturated rings. The Kier molecular flexibility index (Phi) is 3.62. The molecule has 0 radical (unpaired) electrons. The molecule has 1 nitrogen and oxygen atoms in total. The van der Waals surface area contributed by atoms with Crippen LogP contribution in [-0.2, 0) is 0 Å². The fourth-order valence-corrected chi connectivity index (χ4v) is 2.01. The standard InChI is InChI=1S/C15H14F3N/c1-8-3-4-10(16)6-11(8)15(19)12-7-13(17)9(2)5-14(12)18/h3-7,15H,19H2,1-2H3. The molecule has 19 heavy (non-hydrogen) atoms. The van der Waals surface area contributed by atoms with Crippen molar-refractivity contribution in [3.63, 3.8) is 0 Å². The van der Waals surface area contributed by atoms with Crippen molar-refractivity contribution in [3.8, 4) is 0 Å². The zero-order valence-corrected chi connectivity index (χ0v) is 10.7. The van der Waals surface area contributed by atoms with Gasteiger partial charge in [0.2, 0.25) is 0 Å². The Morgan fingerprint density at radius 2 is 1.53 bits per heavy atom. The second-order valence-electron chi connectivity index (χ2n) is 4.60. The molecule has 0 aliphatic heterocycles. The number of aryl methyl sites for hydroxylation is 2. The molecule has 1 atom stereocenters. The molecule has 0 aliphatic rings. The number of halogens is 3. The van der Waals surface area contributed by atoms with Crippen molar-refractivity contribution in [2.24, 2.45) is 5.73 Å². The quantitative estimate of drug-likeness (QED) is 0.878. The second-order valence-corrected chi connectivity index (χ2v) is 4.60. The Balaban J connectivity index is 2.52. The van der Waals surface area contributed by atoms with Gasteiger partial charge in [0.25, 0.3) is 0 Å². The third-order valence-corrected chi connectivity index (χ3v) is 3.19. The fourth-order valence-electron chi connectivity index (χ4n) is 2.01. The van der Waals surface area contributed by atoms with Crippen LogP contribution in [0.3, 0.4) is 0 Å². The molecule has 0 bridgehead atoms. The maximum absolute atomic E-state index is 13.9. The molecule has 1 unspecified atom stereocenters. The molecule has 2 N–H and O–H groups in total. The molecule has 2 aromatic carbocycles. The fraction of sp³-hybridized carbons (Fsp3) is 0.200. The Labute approximate surface area is 109 Å². The van der Waals surface area contributed by atoms with E-state index in [9.17, 15) is 13.2 Å². The summed E-state index contributed by atoms with van der Waals surface area (Å²) >= 11 is 0. The van der Waals surface area contributed by atoms with Crippen LogP contribution in [0.4, 0.5) is 13.2 Å². The van der Waals surface area contributed by atoms with E-state index in [4.69, 9.17) is 5.73 Å². The third kappa shape index (κ3) is 2.63. The first-order valence-electron chi connectivity index (χ1n) is 5.87. The Bertz CT molecular complexity index is 623. The van der Waals surface area contributed by atoms with Gasteiger partial charge in [-0.15, -0.1) is 0 Å². The van der Waals surface area contributed by atoms with Gasteiger partial charge in [-0.25, -0.2) is 13.2 Å². The lowest BCUT2D eigenvalue weighted by atomic mass is 9.94. The molecule has 2 aromatic rings. The number of rotatable bonds is 2. The molecular weight excluding hydrogens is 251 g/mol. The van der Waals surface area contributed by atoms with Crippen molar-refractivity contribution in [2.75, 3.05) is 0 Å². The van der Waals surface area contributed by atoms with Gasteiger partial charge in [0, 0.05) is 5.56 Å². The lowest BCUT2D eigenvalue weighted by Gasteiger charge is -2.16. The maximum atomic E-state index is 13.9. The van der Waals surface area contributed by atoms with Crippen LogP contribution in [0.1, 0.15) is 28.3 Å². The van der Waals surface area contributed by atoms with Crippen molar-refractivity contribution in [3.05, 3.63) is 70.0 Å². The van der Waals surface area contributed by atoms with Crippen molar-refractivity contribution < 1.29 is 13.2 Å². The lowest BCUT2D eigenvalue weighted by Crippen LogP contribution is -2.16. The highest BCUT2D eigenvalue weighted by Crippen LogP contribution is 2.27. The summed E-state index contributed by atoms with van der Waals surface area (Å²) in [5.74, 6) is -1.57. The molecule has 0 saturated heterocycles. The van der Waals surface area contributed by atoms with Crippen molar-refractivity contribution in [1.29, 1.82) is 0 Å². The highest BCUT2D eigenvalue weighted by atomic mass is 19.1. The smallest absolute Gasteiger partial charge is 0.128 e. The zero-order chi connectivity index (χ0) is 14.2. The van der Waals surface area contributed by atoms with Crippen LogP contribution >= 0.6 is 0 Å². The van der Waals surface area contributed by atoms with Gasteiger partial charge in [0.1, 0.15) is 17.5 Å². The van der Waals surface area contributed by atoms with Gasteiger partial charge in [0.05, 0.1) is 6.04 Å². The first-order chi connectivity index (χ1) is 8.90. The molecule has 0 heterocycles. The SMILES string of the molecule is Cc1cc(F)c(C(N)c2cc(F)ccc2C)cc1F. The van der Waals surface area contributed by atoms with Crippen LogP contribution in [0.5, 0.6) is 0 Å². The second kappa shape index (κ2) is 5.05. The minimum Gasteiger partial charge on any atom is -0.320 e. The average Bonchev–Trinajstić information content (AvgIpc) is 2.36. The van der Waals surface area contributed by atoms with E-state index in [1.807, 2.05) is 0 Å². The number of hydrogen-bond acceptors (Lipinski definition) is 1. The van der Waals surface area contributed by atoms with Gasteiger partial charge in [0.15, 0.2) is 0 Å². The molecule has 0 aliphatic carbocycles. The highest BCUT2D eigenvalue weighted by molar-refractivity contribution is 5.38. The average molecular weight is 265 g/mol. The van der Waals surface area contributed by atoms with Gasteiger partial charge in [-0.2, -0.15) is 0 Å². The normalized spacial score (nSPS) is 12.5. The monoisotopic (exact) mass is 265 g/mol.